The van der Waals surface area contributed by atoms with Crippen molar-refractivity contribution >= 4 is 17.4 Å². The third-order valence-electron chi connectivity index (χ3n) is 5.99. The Balaban J connectivity index is 2.03. The van der Waals surface area contributed by atoms with Gasteiger partial charge < -0.3 is 20.3 Å². The fourth-order valence-electron chi connectivity index (χ4n) is 4.49. The summed E-state index contributed by atoms with van der Waals surface area (Å²) >= 11 is 0. The molecule has 0 saturated carbocycles. The van der Waals surface area contributed by atoms with Crippen LogP contribution in [0.3, 0.4) is 0 Å². The van der Waals surface area contributed by atoms with Crippen LogP contribution in [-0.2, 0) is 22.6 Å². The van der Waals surface area contributed by atoms with Gasteiger partial charge in [0, 0.05) is 31.7 Å². The maximum Gasteiger partial charge on any atom is 0.333 e. The van der Waals surface area contributed by atoms with Gasteiger partial charge in [-0.3, -0.25) is 14.2 Å². The number of rotatable bonds is 5. The molecule has 1 amide bonds. The van der Waals surface area contributed by atoms with Gasteiger partial charge in [0.15, 0.2) is 0 Å². The van der Waals surface area contributed by atoms with E-state index in [1.165, 1.54) is 4.57 Å². The molecule has 9 heteroatoms. The molecule has 2 saturated heterocycles. The van der Waals surface area contributed by atoms with Gasteiger partial charge in [-0.25, -0.2) is 9.36 Å². The van der Waals surface area contributed by atoms with Crippen molar-refractivity contribution in [3.63, 3.8) is 0 Å². The van der Waals surface area contributed by atoms with Crippen LogP contribution in [-0.4, -0.2) is 58.3 Å². The quantitative estimate of drug-likeness (QED) is 0.768. The van der Waals surface area contributed by atoms with Crippen molar-refractivity contribution in [1.29, 1.82) is 0 Å². The van der Waals surface area contributed by atoms with Gasteiger partial charge in [-0.05, 0) is 39.5 Å². The normalized spacial score (nSPS) is 22.7. The van der Waals surface area contributed by atoms with Gasteiger partial charge in [-0.2, -0.15) is 0 Å². The summed E-state index contributed by atoms with van der Waals surface area (Å²) in [6.07, 6.45) is 3.65. The van der Waals surface area contributed by atoms with E-state index in [9.17, 15) is 14.4 Å². The molecule has 3 heterocycles. The molecule has 0 spiro atoms. The Morgan fingerprint density at radius 2 is 1.72 bits per heavy atom. The number of nitrogens with zero attached hydrogens (tertiary/aromatic N) is 4. The van der Waals surface area contributed by atoms with Crippen molar-refractivity contribution in [2.45, 2.75) is 71.6 Å². The molecule has 9 nitrogen and oxygen atoms in total. The number of piperidine rings is 1. The minimum atomic E-state index is -0.517. The van der Waals surface area contributed by atoms with Crippen LogP contribution in [0.15, 0.2) is 9.59 Å². The SMILES string of the molecule is CCCn1c(N)c(N2CCOCC2)c(=O)n(CC(=O)N2[C@@H](C)CCC[C@@H]2C)c1=O. The van der Waals surface area contributed by atoms with E-state index in [0.717, 1.165) is 23.8 Å². The molecule has 2 aliphatic heterocycles. The number of carbonyl (C=O) groups excluding carboxylic acids is 1. The first-order chi connectivity index (χ1) is 13.9. The number of carbonyl (C=O) groups is 1. The van der Waals surface area contributed by atoms with Crippen molar-refractivity contribution in [3.8, 4) is 0 Å². The second-order valence-corrected chi connectivity index (χ2v) is 8.09. The molecule has 0 bridgehead atoms. The highest BCUT2D eigenvalue weighted by Gasteiger charge is 2.31. The van der Waals surface area contributed by atoms with Gasteiger partial charge in [0.05, 0.1) is 13.2 Å². The Kier molecular flexibility index (Phi) is 6.66. The average molecular weight is 408 g/mol. The molecule has 2 fully saturated rings. The molecule has 2 N–H and O–H groups in total. The maximum atomic E-state index is 13.3. The molecule has 2 atom stereocenters. The van der Waals surface area contributed by atoms with Crippen LogP contribution in [0.1, 0.15) is 46.5 Å². The van der Waals surface area contributed by atoms with Crippen molar-refractivity contribution in [1.82, 2.24) is 14.0 Å². The number of aromatic nitrogens is 2. The highest BCUT2D eigenvalue weighted by molar-refractivity contribution is 5.77. The summed E-state index contributed by atoms with van der Waals surface area (Å²) in [5.41, 5.74) is 5.55. The van der Waals surface area contributed by atoms with Crippen molar-refractivity contribution in [2.24, 2.45) is 0 Å². The van der Waals surface area contributed by atoms with Crippen molar-refractivity contribution < 1.29 is 9.53 Å². The summed E-state index contributed by atoms with van der Waals surface area (Å²) in [6.45, 7) is 8.16. The number of nitrogens with two attached hydrogens (primary N) is 1. The Labute approximate surface area is 171 Å². The van der Waals surface area contributed by atoms with Crippen LogP contribution in [0.2, 0.25) is 0 Å². The maximum absolute atomic E-state index is 13.3. The van der Waals surface area contributed by atoms with Crippen molar-refractivity contribution in [3.05, 3.63) is 20.8 Å². The van der Waals surface area contributed by atoms with E-state index in [2.05, 4.69) is 0 Å². The molecule has 0 radical (unpaired) electrons. The summed E-state index contributed by atoms with van der Waals surface area (Å²) in [7, 11) is 0. The second-order valence-electron chi connectivity index (χ2n) is 8.09. The fourth-order valence-corrected chi connectivity index (χ4v) is 4.49. The molecule has 0 aliphatic carbocycles. The van der Waals surface area contributed by atoms with Gasteiger partial charge in [-0.15, -0.1) is 0 Å². The summed E-state index contributed by atoms with van der Waals surface area (Å²) in [5, 5.41) is 0. The predicted octanol–water partition coefficient (Wildman–Crippen LogP) is 0.628. The van der Waals surface area contributed by atoms with Gasteiger partial charge in [0.2, 0.25) is 5.91 Å². The largest absolute Gasteiger partial charge is 0.383 e. The van der Waals surface area contributed by atoms with Crippen LogP contribution in [0, 0.1) is 0 Å². The Morgan fingerprint density at radius 3 is 2.31 bits per heavy atom. The number of nitrogen functional groups attached to an aromatic ring is 1. The molecular weight excluding hydrogens is 374 g/mol. The lowest BCUT2D eigenvalue weighted by atomic mass is 9.97. The number of morpholine rings is 1. The fraction of sp³-hybridized carbons (Fsp3) is 0.750. The summed E-state index contributed by atoms with van der Waals surface area (Å²) in [4.78, 5) is 43.1. The zero-order valence-corrected chi connectivity index (χ0v) is 17.7. The van der Waals surface area contributed by atoms with Crippen LogP contribution in [0.4, 0.5) is 11.5 Å². The number of ether oxygens (including phenoxy) is 1. The molecule has 1 aromatic heterocycles. The standard InChI is InChI=1S/C20H33N5O4/c1-4-8-23-18(21)17(22-9-11-29-12-10-22)19(27)24(20(23)28)13-16(26)25-14(2)6-5-7-15(25)3/h14-15H,4-13,21H2,1-3H3/t14-,15-/m0/s1. The zero-order valence-electron chi connectivity index (χ0n) is 17.7. The molecule has 3 rings (SSSR count). The summed E-state index contributed by atoms with van der Waals surface area (Å²) in [6, 6.07) is 0.208. The van der Waals surface area contributed by atoms with Gasteiger partial charge in [-0.1, -0.05) is 6.92 Å². The molecule has 1 aromatic rings. The number of likely N-dealkylation sites (tertiary alicyclic amines) is 1. The number of anilines is 2. The Bertz CT molecular complexity index is 846. The van der Waals surface area contributed by atoms with E-state index in [-0.39, 0.29) is 30.4 Å². The predicted molar refractivity (Wildman–Crippen MR) is 112 cm³/mol. The second kappa shape index (κ2) is 9.02. The highest BCUT2D eigenvalue weighted by Crippen LogP contribution is 2.23. The van der Waals surface area contributed by atoms with E-state index in [1.807, 2.05) is 30.6 Å². The topological polar surface area (TPSA) is 103 Å². The molecule has 0 aromatic carbocycles. The lowest BCUT2D eigenvalue weighted by molar-refractivity contribution is -0.138. The van der Waals surface area contributed by atoms with Crippen LogP contribution < -0.4 is 21.9 Å². The molecule has 29 heavy (non-hydrogen) atoms. The molecule has 2 aliphatic rings. The first kappa shape index (κ1) is 21.4. The number of hydrogen-bond donors (Lipinski definition) is 1. The summed E-state index contributed by atoms with van der Waals surface area (Å²) in [5.74, 6) is -0.0168. The van der Waals surface area contributed by atoms with Gasteiger partial charge in [0.1, 0.15) is 18.1 Å². The Morgan fingerprint density at radius 1 is 1.10 bits per heavy atom. The van der Waals surface area contributed by atoms with E-state index in [1.54, 1.807) is 0 Å². The lowest BCUT2D eigenvalue weighted by Crippen LogP contribution is -2.52. The smallest absolute Gasteiger partial charge is 0.333 e. The van der Waals surface area contributed by atoms with Crippen LogP contribution in [0.5, 0.6) is 0 Å². The molecule has 0 unspecified atom stereocenters. The third-order valence-corrected chi connectivity index (χ3v) is 5.99. The highest BCUT2D eigenvalue weighted by atomic mass is 16.5. The van der Waals surface area contributed by atoms with Gasteiger partial charge in [0.25, 0.3) is 5.56 Å². The number of hydrogen-bond acceptors (Lipinski definition) is 6. The zero-order chi connectivity index (χ0) is 21.1. The van der Waals surface area contributed by atoms with Crippen molar-refractivity contribution in [2.75, 3.05) is 36.9 Å². The monoisotopic (exact) mass is 407 g/mol. The first-order valence-electron chi connectivity index (χ1n) is 10.6. The van der Waals surface area contributed by atoms with E-state index < -0.39 is 11.2 Å². The van der Waals surface area contributed by atoms with E-state index >= 15 is 0 Å². The van der Waals surface area contributed by atoms with E-state index in [0.29, 0.717) is 45.0 Å². The number of amides is 1. The lowest BCUT2D eigenvalue weighted by Gasteiger charge is -2.39. The molecule has 162 valence electrons. The van der Waals surface area contributed by atoms with Gasteiger partial charge >= 0.3 is 5.69 Å². The van der Waals surface area contributed by atoms with Crippen LogP contribution >= 0.6 is 0 Å². The minimum absolute atomic E-state index is 0.104. The molecular formula is C20H33N5O4. The Hall–Kier alpha value is -2.29. The minimum Gasteiger partial charge on any atom is -0.383 e. The summed E-state index contributed by atoms with van der Waals surface area (Å²) < 4.78 is 7.86. The average Bonchev–Trinajstić information content (AvgIpc) is 2.69. The third kappa shape index (κ3) is 4.19. The van der Waals surface area contributed by atoms with E-state index in [4.69, 9.17) is 10.5 Å². The van der Waals surface area contributed by atoms with Crippen LogP contribution in [0.25, 0.3) is 0 Å². The first-order valence-corrected chi connectivity index (χ1v) is 10.6.